The minimum absolute atomic E-state index is 0.204. The van der Waals surface area contributed by atoms with E-state index in [4.69, 9.17) is 14.2 Å². The van der Waals surface area contributed by atoms with E-state index in [2.05, 4.69) is 17.1 Å². The lowest BCUT2D eigenvalue weighted by atomic mass is 9.94. The summed E-state index contributed by atoms with van der Waals surface area (Å²) in [6, 6.07) is 6.96. The first-order valence-electron chi connectivity index (χ1n) is 11.3. The lowest BCUT2D eigenvalue weighted by Gasteiger charge is -2.25. The molecule has 10 heteroatoms. The van der Waals surface area contributed by atoms with Gasteiger partial charge in [-0.15, -0.1) is 16.4 Å². The minimum atomic E-state index is -0.301. The molecule has 5 rings (SSSR count). The van der Waals surface area contributed by atoms with Gasteiger partial charge < -0.3 is 14.2 Å². The summed E-state index contributed by atoms with van der Waals surface area (Å²) in [5.41, 5.74) is 0.685. The van der Waals surface area contributed by atoms with Crippen molar-refractivity contribution in [1.29, 1.82) is 0 Å². The van der Waals surface area contributed by atoms with Crippen LogP contribution in [0.1, 0.15) is 46.9 Å². The maximum atomic E-state index is 12.4. The van der Waals surface area contributed by atoms with Gasteiger partial charge in [-0.2, -0.15) is 9.90 Å². The molecule has 0 saturated heterocycles. The van der Waals surface area contributed by atoms with Gasteiger partial charge in [-0.25, -0.2) is 0 Å². The van der Waals surface area contributed by atoms with Crippen LogP contribution in [-0.2, 0) is 6.54 Å². The second-order valence-electron chi connectivity index (χ2n) is 8.92. The molecule has 0 atom stereocenters. The predicted octanol–water partition coefficient (Wildman–Crippen LogP) is 3.66. The van der Waals surface area contributed by atoms with Crippen LogP contribution in [0.4, 0.5) is 0 Å². The smallest absolute Gasteiger partial charge is 0.261 e. The normalized spacial score (nSPS) is 16.4. The summed E-state index contributed by atoms with van der Waals surface area (Å²) in [6.07, 6.45) is 4.03. The molecule has 0 N–H and O–H groups in total. The second-order valence-corrected chi connectivity index (χ2v) is 9.67. The fraction of sp³-hybridized carbons (Fsp3) is 0.417. The van der Waals surface area contributed by atoms with Gasteiger partial charge in [0, 0.05) is 17.3 Å². The number of imide groups is 1. The van der Waals surface area contributed by atoms with E-state index in [-0.39, 0.29) is 17.2 Å². The van der Waals surface area contributed by atoms with Crippen molar-refractivity contribution in [2.45, 2.75) is 32.7 Å². The van der Waals surface area contributed by atoms with E-state index >= 15 is 0 Å². The fourth-order valence-corrected chi connectivity index (χ4v) is 4.64. The Hall–Kier alpha value is -3.40. The highest BCUT2D eigenvalue weighted by molar-refractivity contribution is 7.08. The molecular weight excluding hydrogens is 456 g/mol. The maximum absolute atomic E-state index is 12.4. The van der Waals surface area contributed by atoms with Crippen LogP contribution in [0.3, 0.4) is 0 Å². The zero-order chi connectivity index (χ0) is 23.5. The summed E-state index contributed by atoms with van der Waals surface area (Å²) < 4.78 is 17.6. The van der Waals surface area contributed by atoms with Crippen molar-refractivity contribution in [3.8, 4) is 17.4 Å². The number of unbranched alkanes of at least 4 members (excludes halogenated alkanes) is 2. The Labute approximate surface area is 201 Å². The van der Waals surface area contributed by atoms with Crippen LogP contribution in [0.25, 0.3) is 0 Å². The SMILES string of the molecule is CC1(COc2cnn(CCCCCN3C(=O)c4ccccc4C3=O)n2)COc2cscc2OC1. The van der Waals surface area contributed by atoms with Crippen LogP contribution in [0.5, 0.6) is 17.4 Å². The predicted molar refractivity (Wildman–Crippen MR) is 125 cm³/mol. The quantitative estimate of drug-likeness (QED) is 0.339. The first-order chi connectivity index (χ1) is 16.5. The number of hydrogen-bond acceptors (Lipinski definition) is 8. The molecule has 2 aromatic heterocycles. The van der Waals surface area contributed by atoms with Crippen LogP contribution in [-0.4, -0.2) is 58.1 Å². The van der Waals surface area contributed by atoms with Crippen LogP contribution in [0.15, 0.2) is 41.2 Å². The number of benzene rings is 1. The third kappa shape index (κ3) is 4.63. The average molecular weight is 483 g/mol. The number of carbonyl (C=O) groups is 2. The number of hydrogen-bond donors (Lipinski definition) is 0. The summed E-state index contributed by atoms with van der Waals surface area (Å²) in [5, 5.41) is 12.5. The molecule has 2 amide bonds. The number of rotatable bonds is 9. The van der Waals surface area contributed by atoms with Gasteiger partial charge in [0.25, 0.3) is 17.7 Å². The lowest BCUT2D eigenvalue weighted by Crippen LogP contribution is -2.36. The van der Waals surface area contributed by atoms with E-state index in [1.807, 2.05) is 10.8 Å². The number of thiophene rings is 1. The van der Waals surface area contributed by atoms with Gasteiger partial charge in [0.15, 0.2) is 11.5 Å². The first-order valence-corrected chi connectivity index (χ1v) is 12.3. The molecule has 4 heterocycles. The Bertz CT molecular complexity index is 1130. The van der Waals surface area contributed by atoms with Crippen LogP contribution in [0.2, 0.25) is 0 Å². The van der Waals surface area contributed by atoms with E-state index in [0.29, 0.717) is 49.9 Å². The molecular formula is C24H26N4O5S. The molecule has 0 bridgehead atoms. The molecule has 0 spiro atoms. The summed E-state index contributed by atoms with van der Waals surface area (Å²) in [4.78, 5) is 27.8. The van der Waals surface area contributed by atoms with E-state index in [1.54, 1.807) is 46.6 Å². The van der Waals surface area contributed by atoms with Gasteiger partial charge in [-0.1, -0.05) is 12.1 Å². The molecule has 3 aromatic rings. The number of fused-ring (bicyclic) bond motifs is 2. The molecule has 178 valence electrons. The summed E-state index contributed by atoms with van der Waals surface area (Å²) in [6.45, 7) is 4.51. The fourth-order valence-electron chi connectivity index (χ4n) is 3.96. The molecule has 9 nitrogen and oxygen atoms in total. The van der Waals surface area contributed by atoms with Gasteiger partial charge in [0.05, 0.1) is 23.1 Å². The molecule has 0 radical (unpaired) electrons. The zero-order valence-electron chi connectivity index (χ0n) is 18.9. The summed E-state index contributed by atoms with van der Waals surface area (Å²) in [5.74, 6) is 1.62. The zero-order valence-corrected chi connectivity index (χ0v) is 19.8. The molecule has 2 aliphatic rings. The highest BCUT2D eigenvalue weighted by Gasteiger charge is 2.34. The van der Waals surface area contributed by atoms with Crippen molar-refractivity contribution in [2.24, 2.45) is 5.41 Å². The minimum Gasteiger partial charge on any atom is -0.488 e. The van der Waals surface area contributed by atoms with Gasteiger partial charge in [0.1, 0.15) is 26.0 Å². The van der Waals surface area contributed by atoms with Gasteiger partial charge in [-0.05, 0) is 38.3 Å². The van der Waals surface area contributed by atoms with Gasteiger partial charge in [-0.3, -0.25) is 14.5 Å². The topological polar surface area (TPSA) is 95.8 Å². The number of aryl methyl sites for hydroxylation is 1. The lowest BCUT2D eigenvalue weighted by molar-refractivity contribution is 0.0628. The number of carbonyl (C=O) groups excluding carboxylic acids is 2. The van der Waals surface area contributed by atoms with Gasteiger partial charge >= 0.3 is 0 Å². The highest BCUT2D eigenvalue weighted by atomic mass is 32.1. The molecule has 0 fully saturated rings. The standard InChI is InChI=1S/C24H26N4O5S/c1-24(14-31-19-12-34-13-20(19)32-15-24)16-33-21-11-25-28(26-21)10-6-2-5-9-27-22(29)17-7-3-4-8-18(17)23(27)30/h3-4,7-8,11-13H,2,5-6,9-10,14-16H2,1H3. The third-order valence-electron chi connectivity index (χ3n) is 5.95. The first kappa shape index (κ1) is 22.4. The third-order valence-corrected chi connectivity index (χ3v) is 6.65. The summed E-state index contributed by atoms with van der Waals surface area (Å²) in [7, 11) is 0. The van der Waals surface area contributed by atoms with Crippen molar-refractivity contribution in [3.05, 3.63) is 52.3 Å². The molecule has 0 unspecified atom stereocenters. The van der Waals surface area contributed by atoms with Gasteiger partial charge in [0.2, 0.25) is 0 Å². The summed E-state index contributed by atoms with van der Waals surface area (Å²) >= 11 is 1.56. The van der Waals surface area contributed by atoms with Crippen molar-refractivity contribution in [1.82, 2.24) is 19.9 Å². The van der Waals surface area contributed by atoms with Crippen molar-refractivity contribution in [2.75, 3.05) is 26.4 Å². The average Bonchev–Trinajstić information content (AvgIpc) is 3.53. The Balaban J connectivity index is 1.03. The van der Waals surface area contributed by atoms with Crippen molar-refractivity contribution in [3.63, 3.8) is 0 Å². The van der Waals surface area contributed by atoms with Crippen molar-refractivity contribution < 1.29 is 23.8 Å². The number of nitrogens with zero attached hydrogens (tertiary/aromatic N) is 4. The molecule has 0 saturated carbocycles. The van der Waals surface area contributed by atoms with E-state index in [1.165, 1.54) is 4.90 Å². The Morgan fingerprint density at radius 1 is 1.00 bits per heavy atom. The Morgan fingerprint density at radius 2 is 1.65 bits per heavy atom. The number of aromatic nitrogens is 3. The molecule has 34 heavy (non-hydrogen) atoms. The van der Waals surface area contributed by atoms with Crippen LogP contribution in [0, 0.1) is 5.41 Å². The maximum Gasteiger partial charge on any atom is 0.261 e. The molecule has 1 aromatic carbocycles. The van der Waals surface area contributed by atoms with Crippen LogP contribution < -0.4 is 14.2 Å². The van der Waals surface area contributed by atoms with E-state index in [0.717, 1.165) is 30.8 Å². The molecule has 0 aliphatic carbocycles. The molecule has 2 aliphatic heterocycles. The van der Waals surface area contributed by atoms with E-state index in [9.17, 15) is 9.59 Å². The second kappa shape index (κ2) is 9.46. The highest BCUT2D eigenvalue weighted by Crippen LogP contribution is 2.36. The van der Waals surface area contributed by atoms with Crippen molar-refractivity contribution >= 4 is 23.2 Å². The number of amides is 2. The monoisotopic (exact) mass is 482 g/mol. The van der Waals surface area contributed by atoms with Crippen LogP contribution >= 0.6 is 11.3 Å². The Kier molecular flexibility index (Phi) is 6.23. The Morgan fingerprint density at radius 3 is 2.32 bits per heavy atom. The van der Waals surface area contributed by atoms with E-state index < -0.39 is 0 Å². The number of ether oxygens (including phenoxy) is 3. The largest absolute Gasteiger partial charge is 0.488 e.